The Morgan fingerprint density at radius 3 is 2.47 bits per heavy atom. The number of ether oxygens (including phenoxy) is 1. The third kappa shape index (κ3) is 6.16. The van der Waals surface area contributed by atoms with Crippen molar-refractivity contribution in [2.75, 3.05) is 29.3 Å². The molecule has 4 rings (SSSR count). The van der Waals surface area contributed by atoms with E-state index in [4.69, 9.17) is 4.74 Å². The number of carbonyl (C=O) groups is 2. The van der Waals surface area contributed by atoms with Crippen LogP contribution in [-0.4, -0.2) is 40.0 Å². The number of sulfonamides is 1. The number of amides is 1. The molecule has 0 bridgehead atoms. The molecular weight excluding hydrogens is 502 g/mol. The maximum atomic E-state index is 13.3. The van der Waals surface area contributed by atoms with Gasteiger partial charge in [0.05, 0.1) is 23.6 Å². The molecule has 0 aliphatic carbocycles. The molecule has 2 N–H and O–H groups in total. The lowest BCUT2D eigenvalue weighted by Gasteiger charge is -2.23. The van der Waals surface area contributed by atoms with E-state index in [-0.39, 0.29) is 29.1 Å². The smallest absolute Gasteiger partial charge is 0.306 e. The molecule has 1 amide bonds. The number of carbonyl (C=O) groups excluding carboxylic acids is 2. The van der Waals surface area contributed by atoms with Crippen molar-refractivity contribution in [1.82, 2.24) is 5.32 Å². The molecule has 0 aromatic heterocycles. The molecule has 200 valence electrons. The van der Waals surface area contributed by atoms with Crippen LogP contribution >= 0.6 is 0 Å². The van der Waals surface area contributed by atoms with Crippen molar-refractivity contribution in [3.63, 3.8) is 0 Å². The maximum Gasteiger partial charge on any atom is 0.306 e. The van der Waals surface area contributed by atoms with Crippen molar-refractivity contribution < 1.29 is 22.7 Å². The van der Waals surface area contributed by atoms with Crippen LogP contribution in [0.5, 0.6) is 0 Å². The highest BCUT2D eigenvalue weighted by Crippen LogP contribution is 2.39. The van der Waals surface area contributed by atoms with Crippen LogP contribution in [0.4, 0.5) is 11.4 Å². The van der Waals surface area contributed by atoms with Gasteiger partial charge in [0.2, 0.25) is 0 Å². The van der Waals surface area contributed by atoms with Crippen LogP contribution < -0.4 is 14.9 Å². The molecule has 0 spiro atoms. The molecule has 8 nitrogen and oxygen atoms in total. The van der Waals surface area contributed by atoms with E-state index in [0.717, 1.165) is 16.8 Å². The lowest BCUT2D eigenvalue weighted by molar-refractivity contribution is -0.143. The lowest BCUT2D eigenvalue weighted by atomic mass is 9.98. The van der Waals surface area contributed by atoms with E-state index in [1.165, 1.54) is 0 Å². The van der Waals surface area contributed by atoms with Crippen LogP contribution in [0, 0.1) is 6.92 Å². The van der Waals surface area contributed by atoms with Gasteiger partial charge in [0, 0.05) is 36.8 Å². The summed E-state index contributed by atoms with van der Waals surface area (Å²) in [6.07, 6.45) is 0.268. The fourth-order valence-electron chi connectivity index (χ4n) is 4.67. The van der Waals surface area contributed by atoms with Crippen LogP contribution in [-0.2, 0) is 26.1 Å². The van der Waals surface area contributed by atoms with Crippen LogP contribution in [0.3, 0.4) is 0 Å². The minimum atomic E-state index is -3.90. The van der Waals surface area contributed by atoms with Gasteiger partial charge in [0.1, 0.15) is 0 Å². The van der Waals surface area contributed by atoms with E-state index < -0.39 is 10.0 Å². The minimum absolute atomic E-state index is 0.0347. The normalized spacial score (nSPS) is 14.6. The van der Waals surface area contributed by atoms with Gasteiger partial charge in [-0.1, -0.05) is 42.0 Å². The van der Waals surface area contributed by atoms with Gasteiger partial charge in [0.25, 0.3) is 15.9 Å². The number of esters is 1. The van der Waals surface area contributed by atoms with Gasteiger partial charge in [-0.2, -0.15) is 0 Å². The molecule has 0 radical (unpaired) electrons. The Labute approximate surface area is 224 Å². The summed E-state index contributed by atoms with van der Waals surface area (Å²) in [5.74, 6) is -0.560. The van der Waals surface area contributed by atoms with Crippen LogP contribution in [0.15, 0.2) is 71.6 Å². The standard InChI is InChI=1S/C29H33N3O5S/c1-4-30-29(34)21-12-13-22(26(16-21)31-38(35,36)24-14-10-20(3)11-15-24)18-32-19-23(17-28(33)37-5-2)25-8-6-7-9-27(25)32/h6-16,23,31H,4-5,17-19H2,1-3H3,(H,30,34). The second-order valence-electron chi connectivity index (χ2n) is 9.30. The summed E-state index contributed by atoms with van der Waals surface area (Å²) in [6.45, 7) is 7.26. The average molecular weight is 536 g/mol. The van der Waals surface area contributed by atoms with Gasteiger partial charge < -0.3 is 15.0 Å². The summed E-state index contributed by atoms with van der Waals surface area (Å²) in [5, 5.41) is 2.76. The van der Waals surface area contributed by atoms with E-state index in [1.54, 1.807) is 49.4 Å². The number of hydrogen-bond acceptors (Lipinski definition) is 6. The van der Waals surface area contributed by atoms with Gasteiger partial charge in [-0.25, -0.2) is 8.42 Å². The Morgan fingerprint density at radius 2 is 1.76 bits per heavy atom. The fourth-order valence-corrected chi connectivity index (χ4v) is 5.76. The van der Waals surface area contributed by atoms with Gasteiger partial charge in [-0.3, -0.25) is 14.3 Å². The van der Waals surface area contributed by atoms with Gasteiger partial charge in [0.15, 0.2) is 0 Å². The first-order valence-corrected chi connectivity index (χ1v) is 14.2. The van der Waals surface area contributed by atoms with E-state index in [1.807, 2.05) is 38.1 Å². The van der Waals surface area contributed by atoms with E-state index in [2.05, 4.69) is 14.9 Å². The highest BCUT2D eigenvalue weighted by Gasteiger charge is 2.31. The first-order chi connectivity index (χ1) is 18.2. The van der Waals surface area contributed by atoms with Crippen LogP contribution in [0.25, 0.3) is 0 Å². The topological polar surface area (TPSA) is 105 Å². The zero-order chi connectivity index (χ0) is 27.3. The number of benzene rings is 3. The summed E-state index contributed by atoms with van der Waals surface area (Å²) >= 11 is 0. The lowest BCUT2D eigenvalue weighted by Crippen LogP contribution is -2.25. The summed E-state index contributed by atoms with van der Waals surface area (Å²) in [7, 11) is -3.90. The molecule has 0 fully saturated rings. The van der Waals surface area contributed by atoms with Gasteiger partial charge in [-0.15, -0.1) is 0 Å². The second kappa shape index (κ2) is 11.7. The second-order valence-corrected chi connectivity index (χ2v) is 11.0. The number of fused-ring (bicyclic) bond motifs is 1. The molecule has 0 saturated carbocycles. The first-order valence-electron chi connectivity index (χ1n) is 12.7. The number of rotatable bonds is 10. The number of hydrogen-bond donors (Lipinski definition) is 2. The van der Waals surface area contributed by atoms with Gasteiger partial charge >= 0.3 is 5.97 Å². The van der Waals surface area contributed by atoms with E-state index >= 15 is 0 Å². The highest BCUT2D eigenvalue weighted by molar-refractivity contribution is 7.92. The predicted octanol–water partition coefficient (Wildman–Crippen LogP) is 4.60. The van der Waals surface area contributed by atoms with E-state index in [0.29, 0.717) is 43.1 Å². The zero-order valence-corrected chi connectivity index (χ0v) is 22.7. The highest BCUT2D eigenvalue weighted by atomic mass is 32.2. The molecule has 1 aliphatic rings. The Morgan fingerprint density at radius 1 is 1.03 bits per heavy atom. The summed E-state index contributed by atoms with van der Waals surface area (Å²) in [6, 6.07) is 19.5. The largest absolute Gasteiger partial charge is 0.466 e. The molecule has 9 heteroatoms. The minimum Gasteiger partial charge on any atom is -0.466 e. The molecule has 1 heterocycles. The molecule has 1 unspecified atom stereocenters. The molecule has 0 saturated heterocycles. The monoisotopic (exact) mass is 535 g/mol. The van der Waals surface area contributed by atoms with Crippen molar-refractivity contribution in [2.24, 2.45) is 0 Å². The summed E-state index contributed by atoms with van der Waals surface area (Å²) < 4.78 is 34.4. The van der Waals surface area contributed by atoms with Crippen LogP contribution in [0.1, 0.15) is 53.2 Å². The SMILES string of the molecule is CCNC(=O)c1ccc(CN2CC(CC(=O)OCC)c3ccccc32)c(NS(=O)(=O)c2ccc(C)cc2)c1. The Hall–Kier alpha value is -3.85. The fraction of sp³-hybridized carbons (Fsp3) is 0.310. The third-order valence-electron chi connectivity index (χ3n) is 6.52. The molecule has 3 aromatic rings. The molecule has 1 atom stereocenters. The van der Waals surface area contributed by atoms with Crippen molar-refractivity contribution in [2.45, 2.75) is 44.6 Å². The number of aryl methyl sites for hydroxylation is 1. The van der Waals surface area contributed by atoms with Crippen molar-refractivity contribution in [3.05, 3.63) is 89.0 Å². The van der Waals surface area contributed by atoms with Crippen molar-refractivity contribution in [1.29, 1.82) is 0 Å². The Kier molecular flexibility index (Phi) is 8.36. The summed E-state index contributed by atoms with van der Waals surface area (Å²) in [5.41, 5.74) is 4.40. The van der Waals surface area contributed by atoms with Gasteiger partial charge in [-0.05, 0) is 62.2 Å². The zero-order valence-electron chi connectivity index (χ0n) is 21.9. The maximum absolute atomic E-state index is 13.3. The summed E-state index contributed by atoms with van der Waals surface area (Å²) in [4.78, 5) is 27.1. The quantitative estimate of drug-likeness (QED) is 0.368. The predicted molar refractivity (Wildman–Crippen MR) is 148 cm³/mol. The average Bonchev–Trinajstić information content (AvgIpc) is 3.22. The molecule has 38 heavy (non-hydrogen) atoms. The van der Waals surface area contributed by atoms with Crippen molar-refractivity contribution in [3.8, 4) is 0 Å². The van der Waals surface area contributed by atoms with Crippen LogP contribution in [0.2, 0.25) is 0 Å². The van der Waals surface area contributed by atoms with E-state index in [9.17, 15) is 18.0 Å². The number of nitrogens with one attached hydrogen (secondary N) is 2. The Bertz CT molecular complexity index is 1420. The first kappa shape index (κ1) is 27.2. The molecule has 3 aromatic carbocycles. The molecular formula is C29H33N3O5S. The number of nitrogens with zero attached hydrogens (tertiary/aromatic N) is 1. The Balaban J connectivity index is 1.66. The molecule has 1 aliphatic heterocycles. The van der Waals surface area contributed by atoms with Crippen molar-refractivity contribution >= 4 is 33.3 Å². The number of anilines is 2. The number of para-hydroxylation sites is 1. The third-order valence-corrected chi connectivity index (χ3v) is 7.90.